The molecule has 0 spiro atoms. The highest BCUT2D eigenvalue weighted by Gasteiger charge is 2.18. The van der Waals surface area contributed by atoms with Crippen molar-refractivity contribution in [1.29, 1.82) is 0 Å². The number of nitrogens with zero attached hydrogens (tertiary/aromatic N) is 3. The number of aromatic amines is 1. The van der Waals surface area contributed by atoms with Crippen LogP contribution in [0.5, 0.6) is 0 Å². The number of carbonyl (C=O) groups excluding carboxylic acids is 1. The average Bonchev–Trinajstić information content (AvgIpc) is 3.47. The minimum Gasteiger partial charge on any atom is -0.465 e. The number of imidazole rings is 1. The van der Waals surface area contributed by atoms with Gasteiger partial charge in [-0.3, -0.25) is 9.78 Å². The van der Waals surface area contributed by atoms with E-state index < -0.39 is 5.97 Å². The van der Waals surface area contributed by atoms with Gasteiger partial charge in [0.2, 0.25) is 5.95 Å². The molecule has 0 amide bonds. The number of nitrogens with one attached hydrogen (secondary N) is 2. The van der Waals surface area contributed by atoms with Gasteiger partial charge in [-0.25, -0.2) is 9.78 Å². The van der Waals surface area contributed by atoms with Gasteiger partial charge in [-0.05, 0) is 28.8 Å². The Bertz CT molecular complexity index is 1550. The highest BCUT2D eigenvalue weighted by molar-refractivity contribution is 7.03. The van der Waals surface area contributed by atoms with Gasteiger partial charge in [0.1, 0.15) is 0 Å². The molecular weight excluding hydrogens is 450 g/mol. The number of anilines is 1. The topological polar surface area (TPSA) is 102 Å². The van der Waals surface area contributed by atoms with Crippen molar-refractivity contribution in [1.82, 2.24) is 18.9 Å². The summed E-state index contributed by atoms with van der Waals surface area (Å²) in [5, 5.41) is 3.12. The van der Waals surface area contributed by atoms with Gasteiger partial charge in [0, 0.05) is 24.1 Å². The number of para-hydroxylation sites is 1. The number of ether oxygens (including phenoxy) is 1. The summed E-state index contributed by atoms with van der Waals surface area (Å²) in [7, 11) is 3.18. The number of esters is 1. The third-order valence-electron chi connectivity index (χ3n) is 5.62. The molecule has 2 aromatic heterocycles. The van der Waals surface area contributed by atoms with Crippen LogP contribution in [0.15, 0.2) is 71.5 Å². The molecule has 34 heavy (non-hydrogen) atoms. The van der Waals surface area contributed by atoms with Crippen LogP contribution >= 0.6 is 11.5 Å². The van der Waals surface area contributed by atoms with Gasteiger partial charge in [0.05, 0.1) is 30.3 Å². The molecule has 0 saturated heterocycles. The summed E-state index contributed by atoms with van der Waals surface area (Å²) in [5.74, 6) is 0.822. The second-order valence-corrected chi connectivity index (χ2v) is 8.36. The molecule has 0 atom stereocenters. The van der Waals surface area contributed by atoms with Gasteiger partial charge in [0.15, 0.2) is 5.82 Å². The van der Waals surface area contributed by atoms with Gasteiger partial charge < -0.3 is 14.6 Å². The zero-order chi connectivity index (χ0) is 23.7. The first-order chi connectivity index (χ1) is 16.6. The highest BCUT2D eigenvalue weighted by atomic mass is 32.1. The molecule has 0 aliphatic rings. The fraction of sp³-hybridized carbons (Fsp3) is 0.120. The molecule has 0 fully saturated rings. The molecule has 2 N–H and O–H groups in total. The van der Waals surface area contributed by atoms with Crippen LogP contribution in [0.25, 0.3) is 33.5 Å². The lowest BCUT2D eigenvalue weighted by molar-refractivity contribution is 0.0602. The lowest BCUT2D eigenvalue weighted by Gasteiger charge is -2.12. The van der Waals surface area contributed by atoms with Gasteiger partial charge in [-0.15, -0.1) is 0 Å². The lowest BCUT2D eigenvalue weighted by atomic mass is 9.98. The van der Waals surface area contributed by atoms with Crippen LogP contribution in [0.4, 0.5) is 5.95 Å². The number of methoxy groups -OCH3 is 1. The first kappa shape index (κ1) is 21.6. The van der Waals surface area contributed by atoms with Crippen LogP contribution in [0.2, 0.25) is 0 Å². The van der Waals surface area contributed by atoms with Gasteiger partial charge in [-0.2, -0.15) is 4.37 Å². The first-order valence-electron chi connectivity index (χ1n) is 10.6. The molecule has 0 unspecified atom stereocenters. The Balaban J connectivity index is 1.52. The maximum absolute atomic E-state index is 12.4. The van der Waals surface area contributed by atoms with Crippen molar-refractivity contribution in [3.63, 3.8) is 0 Å². The number of aromatic nitrogens is 4. The highest BCUT2D eigenvalue weighted by Crippen LogP contribution is 2.31. The van der Waals surface area contributed by atoms with Crippen molar-refractivity contribution < 1.29 is 9.53 Å². The van der Waals surface area contributed by atoms with E-state index in [1.165, 1.54) is 7.11 Å². The monoisotopic (exact) mass is 471 g/mol. The van der Waals surface area contributed by atoms with Gasteiger partial charge in [-0.1, -0.05) is 54.6 Å². The fourth-order valence-electron chi connectivity index (χ4n) is 4.06. The zero-order valence-corrected chi connectivity index (χ0v) is 19.3. The summed E-state index contributed by atoms with van der Waals surface area (Å²) in [4.78, 5) is 31.2. The van der Waals surface area contributed by atoms with Crippen molar-refractivity contribution in [2.45, 2.75) is 6.54 Å². The molecule has 0 radical (unpaired) electrons. The van der Waals surface area contributed by atoms with Crippen molar-refractivity contribution >= 4 is 34.5 Å². The largest absolute Gasteiger partial charge is 0.465 e. The Labute approximate surface area is 199 Å². The Morgan fingerprint density at radius 1 is 1.06 bits per heavy atom. The van der Waals surface area contributed by atoms with Crippen molar-refractivity contribution in [2.24, 2.45) is 0 Å². The molecule has 5 aromatic rings. The van der Waals surface area contributed by atoms with E-state index in [0.717, 1.165) is 44.8 Å². The third kappa shape index (κ3) is 3.86. The van der Waals surface area contributed by atoms with E-state index in [1.54, 1.807) is 19.2 Å². The number of fused-ring (bicyclic) bond motifs is 1. The SMILES string of the molecule is CNc1nc2cccc(C(=O)OC)c2n1Cc1ccc(-c2ccccc2-c2nsc(=O)[nH]2)cc1. The Kier molecular flexibility index (Phi) is 5.69. The number of H-pyrrole nitrogens is 1. The number of carbonyl (C=O) groups is 1. The standard InChI is InChI=1S/C25H21N5O3S/c1-26-24-27-20-9-5-8-19(23(31)33-2)21(20)30(24)14-15-10-12-16(13-11-15)17-6-3-4-7-18(17)22-28-25(32)34-29-22/h3-13H,14H2,1-2H3,(H,26,27)(H,28,29,32). The summed E-state index contributed by atoms with van der Waals surface area (Å²) >= 11 is 0.908. The number of hydrogen-bond donors (Lipinski definition) is 2. The molecule has 2 heterocycles. The van der Waals surface area contributed by atoms with Crippen LogP contribution in [0, 0.1) is 0 Å². The molecule has 170 valence electrons. The van der Waals surface area contributed by atoms with Gasteiger partial charge in [0.25, 0.3) is 0 Å². The van der Waals surface area contributed by atoms with Crippen LogP contribution in [-0.2, 0) is 11.3 Å². The number of hydrogen-bond acceptors (Lipinski definition) is 7. The van der Waals surface area contributed by atoms with Crippen molar-refractivity contribution in [2.75, 3.05) is 19.5 Å². The molecule has 0 bridgehead atoms. The minimum atomic E-state index is -0.401. The third-order valence-corrected chi connectivity index (χ3v) is 6.17. The average molecular weight is 472 g/mol. The predicted octanol–water partition coefficient (Wildman–Crippen LogP) is 4.39. The van der Waals surface area contributed by atoms with Crippen LogP contribution in [-0.4, -0.2) is 39.0 Å². The predicted molar refractivity (Wildman–Crippen MR) is 133 cm³/mol. The Hall–Kier alpha value is -4.24. The minimum absolute atomic E-state index is 0.181. The summed E-state index contributed by atoms with van der Waals surface area (Å²) in [5.41, 5.74) is 5.81. The maximum Gasteiger partial charge on any atom is 0.340 e. The van der Waals surface area contributed by atoms with E-state index in [4.69, 9.17) is 4.74 Å². The summed E-state index contributed by atoms with van der Waals surface area (Å²) in [6, 6.07) is 21.4. The van der Waals surface area contributed by atoms with E-state index in [1.807, 2.05) is 59.2 Å². The molecule has 8 nitrogen and oxygen atoms in total. The van der Waals surface area contributed by atoms with E-state index in [-0.39, 0.29) is 4.87 Å². The summed E-state index contributed by atoms with van der Waals surface area (Å²) < 4.78 is 11.2. The molecule has 5 rings (SSSR count). The number of rotatable bonds is 6. The fourth-order valence-corrected chi connectivity index (χ4v) is 4.53. The van der Waals surface area contributed by atoms with Crippen LogP contribution in [0.1, 0.15) is 15.9 Å². The Morgan fingerprint density at radius 3 is 2.50 bits per heavy atom. The van der Waals surface area contributed by atoms with Crippen molar-refractivity contribution in [3.05, 3.63) is 87.5 Å². The smallest absolute Gasteiger partial charge is 0.340 e. The molecule has 0 aliphatic carbocycles. The van der Waals surface area contributed by atoms with E-state index in [0.29, 0.717) is 23.9 Å². The first-order valence-corrected chi connectivity index (χ1v) is 11.4. The maximum atomic E-state index is 12.4. The van der Waals surface area contributed by atoms with Crippen molar-refractivity contribution in [3.8, 4) is 22.5 Å². The second kappa shape index (κ2) is 8.95. The lowest BCUT2D eigenvalue weighted by Crippen LogP contribution is -2.09. The van der Waals surface area contributed by atoms with E-state index in [2.05, 4.69) is 19.7 Å². The normalized spacial score (nSPS) is 11.0. The van der Waals surface area contributed by atoms with E-state index in [9.17, 15) is 9.59 Å². The second-order valence-electron chi connectivity index (χ2n) is 7.62. The molecule has 0 aliphatic heterocycles. The molecular formula is C25H21N5O3S. The van der Waals surface area contributed by atoms with E-state index >= 15 is 0 Å². The quantitative estimate of drug-likeness (QED) is 0.356. The van der Waals surface area contributed by atoms with Gasteiger partial charge >= 0.3 is 10.8 Å². The molecule has 0 saturated carbocycles. The summed E-state index contributed by atoms with van der Waals surface area (Å²) in [6.45, 7) is 0.516. The Morgan fingerprint density at radius 2 is 1.82 bits per heavy atom. The van der Waals surface area contributed by atoms with Crippen LogP contribution < -0.4 is 10.2 Å². The zero-order valence-electron chi connectivity index (χ0n) is 18.5. The number of benzene rings is 3. The summed E-state index contributed by atoms with van der Waals surface area (Å²) in [6.07, 6.45) is 0. The molecule has 9 heteroatoms. The van der Waals surface area contributed by atoms with Crippen LogP contribution in [0.3, 0.4) is 0 Å². The molecule has 3 aromatic carbocycles.